The summed E-state index contributed by atoms with van der Waals surface area (Å²) in [4.78, 5) is 0. The summed E-state index contributed by atoms with van der Waals surface area (Å²) in [5, 5.41) is 0. The van der Waals surface area contributed by atoms with E-state index in [1.165, 1.54) is 0 Å². The van der Waals surface area contributed by atoms with Crippen molar-refractivity contribution in [3.63, 3.8) is 0 Å². The zero-order valence-electron chi connectivity index (χ0n) is 14.0. The van der Waals surface area contributed by atoms with Gasteiger partial charge >= 0.3 is 140 Å². The molecule has 0 spiro atoms. The van der Waals surface area contributed by atoms with Crippen LogP contribution < -0.4 is 13.8 Å². The first-order valence-electron chi connectivity index (χ1n) is 8.37. The number of hydrogen-bond acceptors (Lipinski definition) is 3. The van der Waals surface area contributed by atoms with Gasteiger partial charge in [0.05, 0.1) is 0 Å². The molecule has 0 saturated heterocycles. The summed E-state index contributed by atoms with van der Waals surface area (Å²) in [6.07, 6.45) is 7.52. The zero-order chi connectivity index (χ0) is 16.3. The van der Waals surface area contributed by atoms with E-state index in [4.69, 9.17) is 13.3 Å². The summed E-state index contributed by atoms with van der Waals surface area (Å²) >= 11 is -3.16. The number of hydrogen-bond donors (Lipinski definition) is 0. The van der Waals surface area contributed by atoms with Crippen molar-refractivity contribution in [2.45, 2.75) is 38.4 Å². The van der Waals surface area contributed by atoms with Gasteiger partial charge in [0.2, 0.25) is 0 Å². The number of rotatable bonds is 7. The SMILES string of the molecule is CCC(C)[CH](CC)[Ge]([c]1ccco1)([c]1ccco1)[c]1ccco1. The second-order valence-corrected chi connectivity index (χ2v) is 14.2. The first-order chi connectivity index (χ1) is 11.2. The van der Waals surface area contributed by atoms with Gasteiger partial charge in [-0.05, 0) is 0 Å². The van der Waals surface area contributed by atoms with Gasteiger partial charge in [-0.3, -0.25) is 0 Å². The summed E-state index contributed by atoms with van der Waals surface area (Å²) in [7, 11) is 0. The Bertz CT molecular complexity index is 599. The standard InChI is InChI=1S/C19H24GeO3/c1-4-15(3)16(5-2)20(17-9-6-12-21-17,18-10-7-13-22-18)19-11-8-14-23-19/h6-16H,4-5H2,1-3H3. The third-order valence-electron chi connectivity index (χ3n) is 5.06. The average molecular weight is 373 g/mol. The second-order valence-electron chi connectivity index (χ2n) is 6.14. The van der Waals surface area contributed by atoms with E-state index in [1.807, 2.05) is 18.2 Å². The van der Waals surface area contributed by atoms with Gasteiger partial charge in [0.1, 0.15) is 0 Å². The molecule has 3 nitrogen and oxygen atoms in total. The summed E-state index contributed by atoms with van der Waals surface area (Å²) < 4.78 is 21.6. The van der Waals surface area contributed by atoms with Crippen LogP contribution in [0.3, 0.4) is 0 Å². The second kappa shape index (κ2) is 6.87. The molecular formula is C19H24GeO3. The molecule has 0 aliphatic rings. The van der Waals surface area contributed by atoms with E-state index in [-0.39, 0.29) is 0 Å². The van der Waals surface area contributed by atoms with Crippen LogP contribution in [-0.2, 0) is 0 Å². The Morgan fingerprint density at radius 1 is 0.783 bits per heavy atom. The molecule has 2 unspecified atom stereocenters. The maximum absolute atomic E-state index is 5.99. The monoisotopic (exact) mass is 374 g/mol. The Hall–Kier alpha value is -1.62. The molecule has 23 heavy (non-hydrogen) atoms. The van der Waals surface area contributed by atoms with Crippen molar-refractivity contribution in [3.05, 3.63) is 55.2 Å². The van der Waals surface area contributed by atoms with Crippen LogP contribution in [0.15, 0.2) is 68.4 Å². The molecular weight excluding hydrogens is 349 g/mol. The minimum absolute atomic E-state index is 0.489. The van der Waals surface area contributed by atoms with Crippen molar-refractivity contribution in [1.29, 1.82) is 0 Å². The van der Waals surface area contributed by atoms with E-state index in [9.17, 15) is 0 Å². The van der Waals surface area contributed by atoms with Crippen LogP contribution in [0.4, 0.5) is 0 Å². The Kier molecular flexibility index (Phi) is 4.85. The normalized spacial score (nSPS) is 14.7. The molecule has 0 fully saturated rings. The van der Waals surface area contributed by atoms with Gasteiger partial charge in [-0.15, -0.1) is 0 Å². The maximum atomic E-state index is 5.99. The van der Waals surface area contributed by atoms with Crippen LogP contribution in [0.2, 0.25) is 4.75 Å². The molecule has 3 aromatic heterocycles. The fourth-order valence-electron chi connectivity index (χ4n) is 3.84. The Morgan fingerprint density at radius 2 is 1.22 bits per heavy atom. The Labute approximate surface area is 140 Å². The minimum atomic E-state index is -3.16. The van der Waals surface area contributed by atoms with Crippen molar-refractivity contribution >= 4 is 27.0 Å². The summed E-state index contributed by atoms with van der Waals surface area (Å²) in [5.41, 5.74) is 0. The van der Waals surface area contributed by atoms with E-state index in [0.717, 1.165) is 26.6 Å². The van der Waals surface area contributed by atoms with Crippen LogP contribution in [-0.4, -0.2) is 13.3 Å². The van der Waals surface area contributed by atoms with E-state index >= 15 is 0 Å². The predicted octanol–water partition coefficient (Wildman–Crippen LogP) is 3.76. The van der Waals surface area contributed by atoms with Gasteiger partial charge in [-0.25, -0.2) is 0 Å². The molecule has 0 amide bonds. The van der Waals surface area contributed by atoms with Gasteiger partial charge in [0.15, 0.2) is 0 Å². The summed E-state index contributed by atoms with van der Waals surface area (Å²) in [6, 6.07) is 12.3. The third kappa shape index (κ3) is 2.61. The molecule has 0 aromatic carbocycles. The molecule has 0 saturated carbocycles. The van der Waals surface area contributed by atoms with Crippen LogP contribution in [0.1, 0.15) is 33.6 Å². The zero-order valence-corrected chi connectivity index (χ0v) is 16.1. The molecule has 3 aromatic rings. The van der Waals surface area contributed by atoms with Gasteiger partial charge in [0, 0.05) is 0 Å². The van der Waals surface area contributed by atoms with Crippen molar-refractivity contribution in [2.75, 3.05) is 0 Å². The first kappa shape index (κ1) is 16.2. The molecule has 122 valence electrons. The predicted molar refractivity (Wildman–Crippen MR) is 94.3 cm³/mol. The molecule has 3 rings (SSSR count). The van der Waals surface area contributed by atoms with Crippen molar-refractivity contribution in [2.24, 2.45) is 5.92 Å². The Balaban J connectivity index is 2.31. The molecule has 0 aliphatic carbocycles. The van der Waals surface area contributed by atoms with Crippen molar-refractivity contribution in [1.82, 2.24) is 0 Å². The Morgan fingerprint density at radius 3 is 1.48 bits per heavy atom. The average Bonchev–Trinajstić information content (AvgIpc) is 3.35. The van der Waals surface area contributed by atoms with Crippen LogP contribution in [0.5, 0.6) is 0 Å². The molecule has 0 aliphatic heterocycles. The molecule has 0 N–H and O–H groups in total. The van der Waals surface area contributed by atoms with Crippen molar-refractivity contribution < 1.29 is 13.3 Å². The van der Waals surface area contributed by atoms with E-state index in [1.54, 1.807) is 18.8 Å². The first-order valence-corrected chi connectivity index (χ1v) is 12.7. The van der Waals surface area contributed by atoms with E-state index in [2.05, 4.69) is 39.0 Å². The van der Waals surface area contributed by atoms with Gasteiger partial charge in [-0.2, -0.15) is 0 Å². The molecule has 0 bridgehead atoms. The third-order valence-corrected chi connectivity index (χ3v) is 16.1. The molecule has 0 radical (unpaired) electrons. The number of furan rings is 3. The van der Waals surface area contributed by atoms with Gasteiger partial charge in [-0.1, -0.05) is 0 Å². The topological polar surface area (TPSA) is 39.4 Å². The van der Waals surface area contributed by atoms with Gasteiger partial charge in [0.25, 0.3) is 0 Å². The fourth-order valence-corrected chi connectivity index (χ4v) is 15.1. The molecule has 3 heterocycles. The quantitative estimate of drug-likeness (QED) is 0.593. The van der Waals surface area contributed by atoms with E-state index < -0.39 is 13.3 Å². The summed E-state index contributed by atoms with van der Waals surface area (Å²) in [6.45, 7) is 6.86. The van der Waals surface area contributed by atoms with Crippen LogP contribution >= 0.6 is 0 Å². The van der Waals surface area contributed by atoms with Crippen LogP contribution in [0.25, 0.3) is 0 Å². The molecule has 4 heteroatoms. The molecule has 2 atom stereocenters. The van der Waals surface area contributed by atoms with Crippen molar-refractivity contribution in [3.8, 4) is 0 Å². The van der Waals surface area contributed by atoms with E-state index in [0.29, 0.717) is 10.7 Å². The summed E-state index contributed by atoms with van der Waals surface area (Å²) in [5.74, 6) is 0.570. The fraction of sp³-hybridized carbons (Fsp3) is 0.368. The van der Waals surface area contributed by atoms with Gasteiger partial charge < -0.3 is 0 Å². The van der Waals surface area contributed by atoms with Crippen LogP contribution in [0, 0.1) is 5.92 Å².